The minimum atomic E-state index is 0.898. The topological polar surface area (TPSA) is 13.1 Å². The highest BCUT2D eigenvalue weighted by Gasteiger charge is 2.22. The molecule has 0 radical (unpaired) electrons. The molecule has 11 rings (SSSR count). The summed E-state index contributed by atoms with van der Waals surface area (Å²) in [5.74, 6) is 0. The number of aryl methyl sites for hydroxylation is 2. The summed E-state index contributed by atoms with van der Waals surface area (Å²) in [5, 5.41) is 21.5. The average Bonchev–Trinajstić information content (AvgIpc) is 3.93. The van der Waals surface area contributed by atoms with E-state index in [9.17, 15) is 0 Å². The van der Waals surface area contributed by atoms with E-state index in [1.165, 1.54) is 93.2 Å². The van der Waals surface area contributed by atoms with E-state index >= 15 is 0 Å². The summed E-state index contributed by atoms with van der Waals surface area (Å²) in [6.45, 7) is 4.44. The molecule has 0 atom stereocenters. The average molecular weight is 713 g/mol. The molecule has 0 aliphatic heterocycles. The Morgan fingerprint density at radius 3 is 1.23 bits per heavy atom. The van der Waals surface area contributed by atoms with Gasteiger partial charge in [0.2, 0.25) is 0 Å². The number of thiophene rings is 2. The molecule has 53 heavy (non-hydrogen) atoms. The van der Waals surface area contributed by atoms with Gasteiger partial charge >= 0.3 is 0 Å². The van der Waals surface area contributed by atoms with Gasteiger partial charge in [0.15, 0.2) is 0 Å². The summed E-state index contributed by atoms with van der Waals surface area (Å²) in [6, 6.07) is 49.0. The molecule has 0 saturated carbocycles. The van der Waals surface area contributed by atoms with Crippen molar-refractivity contribution in [2.75, 3.05) is 0 Å². The smallest absolute Gasteiger partial charge is 0.136 e. The largest absolute Gasteiger partial charge is 0.456 e. The van der Waals surface area contributed by atoms with Crippen molar-refractivity contribution in [3.05, 3.63) is 166 Å². The lowest BCUT2D eigenvalue weighted by Gasteiger charge is -2.18. The fraction of sp³-hybridized carbons (Fsp3) is 0.0400. The molecule has 3 aromatic heterocycles. The summed E-state index contributed by atoms with van der Waals surface area (Å²) in [7, 11) is 0. The third-order valence-corrected chi connectivity index (χ3v) is 12.9. The first kappa shape index (κ1) is 30.6. The van der Waals surface area contributed by atoms with Crippen LogP contribution in [-0.2, 0) is 0 Å². The Labute approximate surface area is 315 Å². The molecule has 3 heterocycles. The SMILES string of the molecule is Cc1cscc1-c1c2ccccc2c(-c2ccc3c(c2)oc2cccc(-c4c5ccccc5c(-c5cscc5C)c5ccccc45)c23)c2ccccc12. The molecule has 0 amide bonds. The molecule has 0 aliphatic carbocycles. The van der Waals surface area contributed by atoms with Gasteiger partial charge in [-0.3, -0.25) is 0 Å². The Morgan fingerprint density at radius 1 is 0.358 bits per heavy atom. The molecule has 0 fully saturated rings. The lowest BCUT2D eigenvalue weighted by molar-refractivity contribution is 0.669. The van der Waals surface area contributed by atoms with Crippen LogP contribution in [0, 0.1) is 13.8 Å². The lowest BCUT2D eigenvalue weighted by atomic mass is 9.84. The van der Waals surface area contributed by atoms with E-state index in [2.05, 4.69) is 169 Å². The summed E-state index contributed by atoms with van der Waals surface area (Å²) in [4.78, 5) is 0. The van der Waals surface area contributed by atoms with E-state index in [0.29, 0.717) is 0 Å². The van der Waals surface area contributed by atoms with Crippen LogP contribution in [0.4, 0.5) is 0 Å². The molecule has 0 N–H and O–H groups in total. The lowest BCUT2D eigenvalue weighted by Crippen LogP contribution is -1.91. The monoisotopic (exact) mass is 712 g/mol. The van der Waals surface area contributed by atoms with Crippen LogP contribution in [0.5, 0.6) is 0 Å². The highest BCUT2D eigenvalue weighted by molar-refractivity contribution is 7.08. The number of fused-ring (bicyclic) bond motifs is 7. The first-order valence-corrected chi connectivity index (χ1v) is 19.9. The van der Waals surface area contributed by atoms with Crippen LogP contribution in [0.3, 0.4) is 0 Å². The zero-order valence-corrected chi connectivity index (χ0v) is 30.9. The Bertz CT molecular complexity index is 3150. The van der Waals surface area contributed by atoms with Crippen molar-refractivity contribution >= 4 is 87.7 Å². The highest BCUT2D eigenvalue weighted by atomic mass is 32.1. The second-order valence-corrected chi connectivity index (χ2v) is 15.6. The van der Waals surface area contributed by atoms with Crippen LogP contribution >= 0.6 is 22.7 Å². The summed E-state index contributed by atoms with van der Waals surface area (Å²) >= 11 is 3.54. The zero-order chi connectivity index (χ0) is 35.2. The summed E-state index contributed by atoms with van der Waals surface area (Å²) in [5.41, 5.74) is 14.5. The molecule has 1 nitrogen and oxygen atoms in total. The van der Waals surface area contributed by atoms with Crippen molar-refractivity contribution in [1.82, 2.24) is 0 Å². The highest BCUT2D eigenvalue weighted by Crippen LogP contribution is 2.49. The number of benzene rings is 8. The minimum Gasteiger partial charge on any atom is -0.456 e. The van der Waals surface area contributed by atoms with Crippen LogP contribution < -0.4 is 0 Å². The molecule has 250 valence electrons. The fourth-order valence-corrected chi connectivity index (χ4v) is 10.5. The molecule has 0 saturated heterocycles. The van der Waals surface area contributed by atoms with Gasteiger partial charge in [0.05, 0.1) is 0 Å². The number of rotatable bonds is 4. The summed E-state index contributed by atoms with van der Waals surface area (Å²) < 4.78 is 6.82. The van der Waals surface area contributed by atoms with E-state index < -0.39 is 0 Å². The molecule has 8 aromatic carbocycles. The number of hydrogen-bond donors (Lipinski definition) is 0. The number of furan rings is 1. The molecular formula is C50H32OS2. The van der Waals surface area contributed by atoms with Gasteiger partial charge in [-0.2, -0.15) is 22.7 Å². The third kappa shape index (κ3) is 4.48. The normalized spacial score (nSPS) is 12.0. The van der Waals surface area contributed by atoms with E-state index in [-0.39, 0.29) is 0 Å². The van der Waals surface area contributed by atoms with Crippen LogP contribution in [0.2, 0.25) is 0 Å². The van der Waals surface area contributed by atoms with Gasteiger partial charge in [-0.05, 0) is 152 Å². The first-order chi connectivity index (χ1) is 26.2. The standard InChI is InChI=1S/C50H32OS2/c1-29-25-52-27-42(29)48-34-14-5-3-12-32(34)46(33-13-4-6-15-35(33)48)31-22-23-40-45(24-31)51-44-21-11-20-41(50(40)44)47-36-16-7-9-18-38(36)49(43-28-53-26-30(43)2)39-19-10-8-17-37(39)47/h3-28H,1-2H3. The van der Waals surface area contributed by atoms with Gasteiger partial charge in [-0.1, -0.05) is 115 Å². The molecule has 0 unspecified atom stereocenters. The van der Waals surface area contributed by atoms with Gasteiger partial charge < -0.3 is 4.42 Å². The van der Waals surface area contributed by atoms with Crippen LogP contribution in [0.15, 0.2) is 159 Å². The Kier molecular flexibility index (Phi) is 6.79. The molecule has 0 spiro atoms. The van der Waals surface area contributed by atoms with E-state index in [4.69, 9.17) is 4.42 Å². The number of hydrogen-bond acceptors (Lipinski definition) is 3. The predicted molar refractivity (Wildman–Crippen MR) is 231 cm³/mol. The Balaban J connectivity index is 1.19. The van der Waals surface area contributed by atoms with Gasteiger partial charge in [0.25, 0.3) is 0 Å². The van der Waals surface area contributed by atoms with Gasteiger partial charge in [-0.25, -0.2) is 0 Å². The zero-order valence-electron chi connectivity index (χ0n) is 29.2. The van der Waals surface area contributed by atoms with Gasteiger partial charge in [-0.15, -0.1) is 0 Å². The van der Waals surface area contributed by atoms with Crippen molar-refractivity contribution in [3.8, 4) is 44.5 Å². The van der Waals surface area contributed by atoms with Crippen LogP contribution in [0.25, 0.3) is 110 Å². The molecule has 11 aromatic rings. The second kappa shape index (κ2) is 11.8. The van der Waals surface area contributed by atoms with Crippen LogP contribution in [-0.4, -0.2) is 0 Å². The van der Waals surface area contributed by atoms with Gasteiger partial charge in [0, 0.05) is 10.8 Å². The molecule has 3 heteroatoms. The predicted octanol–water partition coefficient (Wildman–Crippen LogP) is 15.6. The van der Waals surface area contributed by atoms with Crippen molar-refractivity contribution in [3.63, 3.8) is 0 Å². The first-order valence-electron chi connectivity index (χ1n) is 18.0. The Hall–Kier alpha value is -6.00. The molecule has 0 bridgehead atoms. The maximum Gasteiger partial charge on any atom is 0.136 e. The van der Waals surface area contributed by atoms with E-state index in [1.807, 2.05) is 0 Å². The van der Waals surface area contributed by atoms with E-state index in [1.54, 1.807) is 22.7 Å². The summed E-state index contributed by atoms with van der Waals surface area (Å²) in [6.07, 6.45) is 0. The quantitative estimate of drug-likeness (QED) is 0.166. The molecule has 0 aliphatic rings. The third-order valence-electron chi connectivity index (χ3n) is 11.2. The van der Waals surface area contributed by atoms with E-state index in [0.717, 1.165) is 27.5 Å². The fourth-order valence-electron chi connectivity index (χ4n) is 8.86. The second-order valence-electron chi connectivity index (χ2n) is 14.1. The van der Waals surface area contributed by atoms with Gasteiger partial charge in [0.1, 0.15) is 11.2 Å². The molecular weight excluding hydrogens is 681 g/mol. The minimum absolute atomic E-state index is 0.898. The van der Waals surface area contributed by atoms with Crippen molar-refractivity contribution in [1.29, 1.82) is 0 Å². The maximum absolute atomic E-state index is 6.82. The van der Waals surface area contributed by atoms with Crippen molar-refractivity contribution < 1.29 is 4.42 Å². The van der Waals surface area contributed by atoms with Crippen molar-refractivity contribution in [2.24, 2.45) is 0 Å². The Morgan fingerprint density at radius 2 is 0.792 bits per heavy atom. The van der Waals surface area contributed by atoms with Crippen LogP contribution in [0.1, 0.15) is 11.1 Å². The maximum atomic E-state index is 6.82. The van der Waals surface area contributed by atoms with Crippen molar-refractivity contribution in [2.45, 2.75) is 13.8 Å².